The van der Waals surface area contributed by atoms with Gasteiger partial charge < -0.3 is 15.1 Å². The van der Waals surface area contributed by atoms with E-state index in [4.69, 9.17) is 10.2 Å². The van der Waals surface area contributed by atoms with E-state index in [1.807, 2.05) is 19.1 Å². The summed E-state index contributed by atoms with van der Waals surface area (Å²) in [6, 6.07) is 6.84. The molecule has 1 fully saturated rings. The maximum absolute atomic E-state index is 5.92. The van der Waals surface area contributed by atoms with E-state index >= 15 is 0 Å². The summed E-state index contributed by atoms with van der Waals surface area (Å²) in [5.41, 5.74) is 9.07. The molecule has 106 valence electrons. The lowest BCUT2D eigenvalue weighted by Gasteiger charge is -2.09. The van der Waals surface area contributed by atoms with Gasteiger partial charge in [0, 0.05) is 25.2 Å². The van der Waals surface area contributed by atoms with Gasteiger partial charge in [-0.3, -0.25) is 0 Å². The maximum atomic E-state index is 5.92. The lowest BCUT2D eigenvalue weighted by Crippen LogP contribution is -2.17. The molecule has 0 saturated carbocycles. The standard InChI is InChI=1S/C15H20N4O/c1-11-4-5-12(10-13(11)16)6-7-14-17-18-15(20-14)19-8-2-3-9-19/h4-5,10H,2-3,6-9,16H2,1H3. The van der Waals surface area contributed by atoms with Crippen LogP contribution in [0.25, 0.3) is 0 Å². The normalized spacial score (nSPS) is 14.9. The summed E-state index contributed by atoms with van der Waals surface area (Å²) in [5, 5.41) is 8.25. The topological polar surface area (TPSA) is 68.2 Å². The number of nitrogen functional groups attached to an aromatic ring is 1. The quantitative estimate of drug-likeness (QED) is 0.865. The smallest absolute Gasteiger partial charge is 0.318 e. The number of rotatable bonds is 4. The molecule has 1 aromatic heterocycles. The fraction of sp³-hybridized carbons (Fsp3) is 0.467. The van der Waals surface area contributed by atoms with Gasteiger partial charge in [-0.05, 0) is 43.4 Å². The van der Waals surface area contributed by atoms with Crippen LogP contribution in [-0.4, -0.2) is 23.3 Å². The van der Waals surface area contributed by atoms with Crippen molar-refractivity contribution in [1.29, 1.82) is 0 Å². The van der Waals surface area contributed by atoms with Crippen LogP contribution < -0.4 is 10.6 Å². The summed E-state index contributed by atoms with van der Waals surface area (Å²) in [6.07, 6.45) is 4.04. The van der Waals surface area contributed by atoms with Gasteiger partial charge in [0.2, 0.25) is 5.89 Å². The molecule has 0 unspecified atom stereocenters. The Labute approximate surface area is 118 Å². The molecular formula is C15H20N4O. The molecule has 20 heavy (non-hydrogen) atoms. The number of nitrogens with two attached hydrogens (primary N) is 1. The number of anilines is 2. The Morgan fingerprint density at radius 2 is 2.00 bits per heavy atom. The van der Waals surface area contributed by atoms with Crippen LogP contribution in [0.15, 0.2) is 22.6 Å². The Morgan fingerprint density at radius 1 is 1.20 bits per heavy atom. The van der Waals surface area contributed by atoms with E-state index in [9.17, 15) is 0 Å². The Hall–Kier alpha value is -2.04. The molecule has 5 nitrogen and oxygen atoms in total. The molecule has 1 aliphatic heterocycles. The molecule has 2 aromatic rings. The number of benzene rings is 1. The lowest BCUT2D eigenvalue weighted by atomic mass is 10.1. The second-order valence-electron chi connectivity index (χ2n) is 5.36. The van der Waals surface area contributed by atoms with Crippen molar-refractivity contribution in [3.05, 3.63) is 35.2 Å². The van der Waals surface area contributed by atoms with Gasteiger partial charge in [-0.25, -0.2) is 0 Å². The summed E-state index contributed by atoms with van der Waals surface area (Å²) in [5.74, 6) is 0.700. The molecule has 0 amide bonds. The third-order valence-corrected chi connectivity index (χ3v) is 3.80. The average Bonchev–Trinajstić information content (AvgIpc) is 3.09. The molecule has 5 heteroatoms. The summed E-state index contributed by atoms with van der Waals surface area (Å²) in [7, 11) is 0. The fourth-order valence-electron chi connectivity index (χ4n) is 2.48. The lowest BCUT2D eigenvalue weighted by molar-refractivity contribution is 0.489. The van der Waals surface area contributed by atoms with Crippen LogP contribution in [0.4, 0.5) is 11.7 Å². The van der Waals surface area contributed by atoms with Crippen molar-refractivity contribution in [2.45, 2.75) is 32.6 Å². The second kappa shape index (κ2) is 5.53. The van der Waals surface area contributed by atoms with E-state index < -0.39 is 0 Å². The van der Waals surface area contributed by atoms with Crippen molar-refractivity contribution in [1.82, 2.24) is 10.2 Å². The van der Waals surface area contributed by atoms with Gasteiger partial charge in [-0.15, -0.1) is 5.10 Å². The van der Waals surface area contributed by atoms with Crippen LogP contribution in [0.1, 0.15) is 29.9 Å². The second-order valence-corrected chi connectivity index (χ2v) is 5.36. The van der Waals surface area contributed by atoms with Gasteiger partial charge in [-0.2, -0.15) is 0 Å². The first kappa shape index (κ1) is 13.0. The Kier molecular flexibility index (Phi) is 3.58. The van der Waals surface area contributed by atoms with E-state index in [0.717, 1.165) is 37.2 Å². The zero-order valence-electron chi connectivity index (χ0n) is 11.8. The molecule has 1 aromatic carbocycles. The van der Waals surface area contributed by atoms with Crippen molar-refractivity contribution < 1.29 is 4.42 Å². The molecular weight excluding hydrogens is 252 g/mol. The van der Waals surface area contributed by atoms with Crippen LogP contribution in [-0.2, 0) is 12.8 Å². The van der Waals surface area contributed by atoms with Crippen LogP contribution in [0, 0.1) is 6.92 Å². The van der Waals surface area contributed by atoms with Crippen LogP contribution in [0.3, 0.4) is 0 Å². The first-order valence-corrected chi connectivity index (χ1v) is 7.15. The third-order valence-electron chi connectivity index (χ3n) is 3.80. The largest absolute Gasteiger partial charge is 0.408 e. The van der Waals surface area contributed by atoms with Gasteiger partial charge in [-0.1, -0.05) is 17.2 Å². The Bertz CT molecular complexity index is 587. The first-order chi connectivity index (χ1) is 9.72. The minimum absolute atomic E-state index is 0.668. The number of aryl methyl sites for hydroxylation is 3. The number of aromatic nitrogens is 2. The molecule has 2 heterocycles. The highest BCUT2D eigenvalue weighted by Gasteiger charge is 2.18. The zero-order valence-corrected chi connectivity index (χ0v) is 11.8. The monoisotopic (exact) mass is 272 g/mol. The van der Waals surface area contributed by atoms with Crippen molar-refractivity contribution in [2.24, 2.45) is 0 Å². The van der Waals surface area contributed by atoms with Gasteiger partial charge in [0.25, 0.3) is 0 Å². The van der Waals surface area contributed by atoms with E-state index in [-0.39, 0.29) is 0 Å². The molecule has 0 spiro atoms. The molecule has 0 atom stereocenters. The van der Waals surface area contributed by atoms with Crippen molar-refractivity contribution in [3.63, 3.8) is 0 Å². The van der Waals surface area contributed by atoms with E-state index in [1.54, 1.807) is 0 Å². The molecule has 0 radical (unpaired) electrons. The highest BCUT2D eigenvalue weighted by atomic mass is 16.4. The molecule has 0 bridgehead atoms. The minimum Gasteiger partial charge on any atom is -0.408 e. The molecule has 3 rings (SSSR count). The van der Waals surface area contributed by atoms with Gasteiger partial charge >= 0.3 is 6.01 Å². The highest BCUT2D eigenvalue weighted by Crippen LogP contribution is 2.19. The third kappa shape index (κ3) is 2.76. The van der Waals surface area contributed by atoms with Crippen molar-refractivity contribution in [2.75, 3.05) is 23.7 Å². The van der Waals surface area contributed by atoms with Gasteiger partial charge in [0.15, 0.2) is 0 Å². The van der Waals surface area contributed by atoms with Crippen LogP contribution >= 0.6 is 0 Å². The van der Waals surface area contributed by atoms with Crippen LogP contribution in [0.5, 0.6) is 0 Å². The summed E-state index contributed by atoms with van der Waals surface area (Å²) >= 11 is 0. The molecule has 1 saturated heterocycles. The number of nitrogens with zero attached hydrogens (tertiary/aromatic N) is 3. The number of hydrogen-bond acceptors (Lipinski definition) is 5. The molecule has 0 aliphatic carbocycles. The maximum Gasteiger partial charge on any atom is 0.318 e. The average molecular weight is 272 g/mol. The first-order valence-electron chi connectivity index (χ1n) is 7.15. The van der Waals surface area contributed by atoms with Crippen LogP contribution in [0.2, 0.25) is 0 Å². The summed E-state index contributed by atoms with van der Waals surface area (Å²) < 4.78 is 5.72. The summed E-state index contributed by atoms with van der Waals surface area (Å²) in [6.45, 7) is 4.06. The Balaban J connectivity index is 1.61. The van der Waals surface area contributed by atoms with Crippen molar-refractivity contribution >= 4 is 11.7 Å². The predicted octanol–water partition coefficient (Wildman–Crippen LogP) is 2.35. The predicted molar refractivity (Wildman–Crippen MR) is 78.7 cm³/mol. The highest BCUT2D eigenvalue weighted by molar-refractivity contribution is 5.48. The van der Waals surface area contributed by atoms with E-state index in [2.05, 4.69) is 21.2 Å². The van der Waals surface area contributed by atoms with E-state index in [1.165, 1.54) is 18.4 Å². The van der Waals surface area contributed by atoms with Crippen molar-refractivity contribution in [3.8, 4) is 0 Å². The SMILES string of the molecule is Cc1ccc(CCc2nnc(N3CCCC3)o2)cc1N. The molecule has 2 N–H and O–H groups in total. The van der Waals surface area contributed by atoms with E-state index in [0.29, 0.717) is 11.9 Å². The molecule has 1 aliphatic rings. The zero-order chi connectivity index (χ0) is 13.9. The summed E-state index contributed by atoms with van der Waals surface area (Å²) in [4.78, 5) is 2.15. The Morgan fingerprint density at radius 3 is 2.75 bits per heavy atom. The fourth-order valence-corrected chi connectivity index (χ4v) is 2.48. The van der Waals surface area contributed by atoms with Gasteiger partial charge in [0.05, 0.1) is 0 Å². The number of hydrogen-bond donors (Lipinski definition) is 1. The minimum atomic E-state index is 0.668. The van der Waals surface area contributed by atoms with Gasteiger partial charge in [0.1, 0.15) is 0 Å².